The van der Waals surface area contributed by atoms with Crippen LogP contribution in [-0.2, 0) is 9.47 Å². The molecular formula is C5H10N2O2. The molecule has 0 spiro atoms. The van der Waals surface area contributed by atoms with Crippen LogP contribution in [0.1, 0.15) is 6.42 Å². The minimum atomic E-state index is -0.0981. The Kier molecular flexibility index (Phi) is 2.60. The first-order chi connectivity index (χ1) is 4.43. The number of hydrogen-bond acceptors (Lipinski definition) is 4. The summed E-state index contributed by atoms with van der Waals surface area (Å²) in [5.41, 5.74) is 6.48. The van der Waals surface area contributed by atoms with Gasteiger partial charge in [-0.05, 0) is 0 Å². The zero-order valence-corrected chi connectivity index (χ0v) is 5.17. The van der Waals surface area contributed by atoms with Crippen LogP contribution in [0.15, 0.2) is 5.11 Å². The first-order valence-corrected chi connectivity index (χ1v) is 3.00. The van der Waals surface area contributed by atoms with Crippen molar-refractivity contribution in [2.45, 2.75) is 12.7 Å². The van der Waals surface area contributed by atoms with Crippen molar-refractivity contribution in [1.82, 2.24) is 0 Å². The molecular weight excluding hydrogens is 120 g/mol. The maximum absolute atomic E-state index is 6.48. The van der Waals surface area contributed by atoms with E-state index in [-0.39, 0.29) is 6.29 Å². The molecule has 4 heteroatoms. The van der Waals surface area contributed by atoms with Gasteiger partial charge in [-0.3, -0.25) is 0 Å². The van der Waals surface area contributed by atoms with Crippen molar-refractivity contribution in [3.8, 4) is 0 Å². The van der Waals surface area contributed by atoms with E-state index in [2.05, 4.69) is 5.11 Å². The number of ether oxygens (including phenoxy) is 2. The first kappa shape index (κ1) is 6.64. The van der Waals surface area contributed by atoms with Gasteiger partial charge in [-0.25, -0.2) is 5.53 Å². The summed E-state index contributed by atoms with van der Waals surface area (Å²) in [7, 11) is 0. The Balaban J connectivity index is 2.04. The van der Waals surface area contributed by atoms with E-state index in [0.717, 1.165) is 0 Å². The minimum absolute atomic E-state index is 0.0981. The third kappa shape index (κ3) is 2.07. The number of nitrogens with zero attached hydrogens (tertiary/aromatic N) is 1. The average molecular weight is 130 g/mol. The molecule has 0 aromatic carbocycles. The molecule has 52 valence electrons. The highest BCUT2D eigenvalue weighted by atomic mass is 16.7. The van der Waals surface area contributed by atoms with Crippen LogP contribution in [-0.4, -0.2) is 26.0 Å². The molecule has 9 heavy (non-hydrogen) atoms. The van der Waals surface area contributed by atoms with Gasteiger partial charge in [-0.1, -0.05) is 0 Å². The fourth-order valence-corrected chi connectivity index (χ4v) is 0.744. The lowest BCUT2D eigenvalue weighted by Crippen LogP contribution is -2.08. The third-order valence-corrected chi connectivity index (χ3v) is 1.17. The third-order valence-electron chi connectivity index (χ3n) is 1.17. The highest BCUT2D eigenvalue weighted by Crippen LogP contribution is 2.06. The lowest BCUT2D eigenvalue weighted by atomic mass is 10.4. The maximum Gasteiger partial charge on any atom is 0.159 e. The molecule has 0 saturated carbocycles. The predicted octanol–water partition coefficient (Wildman–Crippen LogP) is 0.780. The molecule has 1 heterocycles. The van der Waals surface area contributed by atoms with Crippen molar-refractivity contribution >= 4 is 0 Å². The lowest BCUT2D eigenvalue weighted by Gasteiger charge is -2.03. The van der Waals surface area contributed by atoms with Crippen LogP contribution in [0.3, 0.4) is 0 Å². The quantitative estimate of drug-likeness (QED) is 0.574. The Bertz CT molecular complexity index is 91.0. The predicted molar refractivity (Wildman–Crippen MR) is 30.3 cm³/mol. The zero-order valence-electron chi connectivity index (χ0n) is 5.17. The first-order valence-electron chi connectivity index (χ1n) is 3.00. The van der Waals surface area contributed by atoms with Crippen molar-refractivity contribution in [3.05, 3.63) is 0 Å². The van der Waals surface area contributed by atoms with E-state index in [1.807, 2.05) is 0 Å². The van der Waals surface area contributed by atoms with Crippen LogP contribution >= 0.6 is 0 Å². The minimum Gasteiger partial charge on any atom is -0.350 e. The summed E-state index contributed by atoms with van der Waals surface area (Å²) in [6.45, 7) is 1.87. The molecule has 1 rings (SSSR count). The number of rotatable bonds is 3. The topological polar surface area (TPSA) is 54.7 Å². The summed E-state index contributed by atoms with van der Waals surface area (Å²) >= 11 is 0. The summed E-state index contributed by atoms with van der Waals surface area (Å²) < 4.78 is 10.2. The van der Waals surface area contributed by atoms with Crippen molar-refractivity contribution in [2.75, 3.05) is 19.8 Å². The highest BCUT2D eigenvalue weighted by Gasteiger charge is 2.14. The van der Waals surface area contributed by atoms with Gasteiger partial charge < -0.3 is 9.47 Å². The maximum atomic E-state index is 6.48. The standard InChI is InChI=1S/C5H10N2O2/c6-7-2-1-5-8-3-4-9-5/h5-6H,1-4H2. The second kappa shape index (κ2) is 3.53. The van der Waals surface area contributed by atoms with E-state index < -0.39 is 0 Å². The van der Waals surface area contributed by atoms with Gasteiger partial charge in [0.1, 0.15) is 0 Å². The Labute approximate surface area is 53.7 Å². The van der Waals surface area contributed by atoms with Gasteiger partial charge in [0.2, 0.25) is 0 Å². The second-order valence-corrected chi connectivity index (χ2v) is 1.84. The van der Waals surface area contributed by atoms with Crippen LogP contribution < -0.4 is 0 Å². The molecule has 0 aromatic heterocycles. The molecule has 0 aromatic rings. The van der Waals surface area contributed by atoms with Gasteiger partial charge in [-0.2, -0.15) is 5.11 Å². The Morgan fingerprint density at radius 1 is 1.44 bits per heavy atom. The van der Waals surface area contributed by atoms with Gasteiger partial charge in [0, 0.05) is 6.42 Å². The van der Waals surface area contributed by atoms with E-state index in [4.69, 9.17) is 15.0 Å². The normalized spacial score (nSPS) is 20.4. The van der Waals surface area contributed by atoms with E-state index in [1.54, 1.807) is 0 Å². The summed E-state index contributed by atoms with van der Waals surface area (Å²) in [5, 5.41) is 3.19. The number of hydrogen-bond donors (Lipinski definition) is 1. The molecule has 1 aliphatic rings. The Hall–Kier alpha value is -0.480. The molecule has 0 amide bonds. The molecule has 0 aliphatic carbocycles. The highest BCUT2D eigenvalue weighted by molar-refractivity contribution is 4.52. The fourth-order valence-electron chi connectivity index (χ4n) is 0.744. The van der Waals surface area contributed by atoms with Gasteiger partial charge in [0.25, 0.3) is 0 Å². The summed E-state index contributed by atoms with van der Waals surface area (Å²) in [6, 6.07) is 0. The Morgan fingerprint density at radius 3 is 2.67 bits per heavy atom. The largest absolute Gasteiger partial charge is 0.350 e. The fraction of sp³-hybridized carbons (Fsp3) is 1.00. The van der Waals surface area contributed by atoms with E-state index >= 15 is 0 Å². The lowest BCUT2D eigenvalue weighted by molar-refractivity contribution is -0.0448. The molecule has 0 radical (unpaired) electrons. The molecule has 1 N–H and O–H groups in total. The SMILES string of the molecule is N=NCCC1OCCO1. The van der Waals surface area contributed by atoms with Gasteiger partial charge >= 0.3 is 0 Å². The van der Waals surface area contributed by atoms with Gasteiger partial charge in [0.05, 0.1) is 19.8 Å². The molecule has 0 atom stereocenters. The van der Waals surface area contributed by atoms with Gasteiger partial charge in [0.15, 0.2) is 6.29 Å². The van der Waals surface area contributed by atoms with Crippen molar-refractivity contribution in [3.63, 3.8) is 0 Å². The molecule has 4 nitrogen and oxygen atoms in total. The number of nitrogens with one attached hydrogen (secondary N) is 1. The van der Waals surface area contributed by atoms with E-state index in [0.29, 0.717) is 26.2 Å². The molecule has 1 fully saturated rings. The van der Waals surface area contributed by atoms with E-state index in [1.165, 1.54) is 0 Å². The van der Waals surface area contributed by atoms with Crippen LogP contribution in [0.2, 0.25) is 0 Å². The van der Waals surface area contributed by atoms with Crippen molar-refractivity contribution in [2.24, 2.45) is 5.11 Å². The smallest absolute Gasteiger partial charge is 0.159 e. The van der Waals surface area contributed by atoms with Crippen LogP contribution in [0.25, 0.3) is 0 Å². The van der Waals surface area contributed by atoms with Crippen LogP contribution in [0.5, 0.6) is 0 Å². The van der Waals surface area contributed by atoms with Crippen molar-refractivity contribution in [1.29, 1.82) is 5.53 Å². The van der Waals surface area contributed by atoms with Crippen LogP contribution in [0, 0.1) is 5.53 Å². The Morgan fingerprint density at radius 2 is 2.11 bits per heavy atom. The van der Waals surface area contributed by atoms with Gasteiger partial charge in [-0.15, -0.1) is 0 Å². The molecule has 1 aliphatic heterocycles. The molecule has 0 unspecified atom stereocenters. The molecule has 1 saturated heterocycles. The van der Waals surface area contributed by atoms with Crippen LogP contribution in [0.4, 0.5) is 0 Å². The zero-order chi connectivity index (χ0) is 6.53. The average Bonchev–Trinajstić information content (AvgIpc) is 2.34. The second-order valence-electron chi connectivity index (χ2n) is 1.84. The summed E-state index contributed by atoms with van der Waals surface area (Å²) in [4.78, 5) is 0. The van der Waals surface area contributed by atoms with Crippen molar-refractivity contribution < 1.29 is 9.47 Å². The summed E-state index contributed by atoms with van der Waals surface area (Å²) in [5.74, 6) is 0. The van der Waals surface area contributed by atoms with E-state index in [9.17, 15) is 0 Å². The molecule has 0 bridgehead atoms. The summed E-state index contributed by atoms with van der Waals surface area (Å²) in [6.07, 6.45) is 0.614. The monoisotopic (exact) mass is 130 g/mol.